The van der Waals surface area contributed by atoms with Gasteiger partial charge in [-0.2, -0.15) is 0 Å². The van der Waals surface area contributed by atoms with Crippen LogP contribution in [0.4, 0.5) is 0 Å². The van der Waals surface area contributed by atoms with Gasteiger partial charge in [-0.1, -0.05) is 6.07 Å². The van der Waals surface area contributed by atoms with Gasteiger partial charge in [0.05, 0.1) is 7.11 Å². The van der Waals surface area contributed by atoms with Crippen molar-refractivity contribution in [3.63, 3.8) is 0 Å². The van der Waals surface area contributed by atoms with Gasteiger partial charge in [0, 0.05) is 25.1 Å². The summed E-state index contributed by atoms with van der Waals surface area (Å²) in [7, 11) is 1.73. The van der Waals surface area contributed by atoms with Crippen LogP contribution in [0, 0.1) is 0 Å². The van der Waals surface area contributed by atoms with Gasteiger partial charge >= 0.3 is 0 Å². The van der Waals surface area contributed by atoms with Crippen molar-refractivity contribution in [2.45, 2.75) is 31.3 Å². The highest BCUT2D eigenvalue weighted by Gasteiger charge is 2.42. The molecule has 2 N–H and O–H groups in total. The Kier molecular flexibility index (Phi) is 3.85. The second kappa shape index (κ2) is 5.62. The Morgan fingerprint density at radius 3 is 3.10 bits per heavy atom. The molecule has 110 valence electrons. The van der Waals surface area contributed by atoms with Crippen LogP contribution in [0.5, 0.6) is 11.5 Å². The van der Waals surface area contributed by atoms with Crippen molar-refractivity contribution in [3.8, 4) is 11.5 Å². The summed E-state index contributed by atoms with van der Waals surface area (Å²) in [5, 5.41) is 0. The Hall–Kier alpha value is -1.26. The molecule has 4 nitrogen and oxygen atoms in total. The molecule has 0 aliphatic carbocycles. The lowest BCUT2D eigenvalue weighted by atomic mass is 9.90. The van der Waals surface area contributed by atoms with E-state index in [1.807, 2.05) is 12.1 Å². The number of nitrogens with two attached hydrogens (primary N) is 1. The summed E-state index contributed by atoms with van der Waals surface area (Å²) in [4.78, 5) is 2.48. The van der Waals surface area contributed by atoms with E-state index < -0.39 is 0 Å². The summed E-state index contributed by atoms with van der Waals surface area (Å²) in [6, 6.07) is 6.10. The van der Waals surface area contributed by atoms with Crippen molar-refractivity contribution in [2.24, 2.45) is 5.73 Å². The number of hydrogen-bond donors (Lipinski definition) is 1. The zero-order chi connectivity index (χ0) is 14.0. The third kappa shape index (κ3) is 2.50. The average Bonchev–Trinajstić information content (AvgIpc) is 2.87. The Labute approximate surface area is 120 Å². The van der Waals surface area contributed by atoms with Gasteiger partial charge in [0.25, 0.3) is 0 Å². The van der Waals surface area contributed by atoms with Gasteiger partial charge in [-0.25, -0.2) is 0 Å². The van der Waals surface area contributed by atoms with Crippen LogP contribution in [0.2, 0.25) is 0 Å². The van der Waals surface area contributed by atoms with Crippen LogP contribution in [0.3, 0.4) is 0 Å². The largest absolute Gasteiger partial charge is 0.496 e. The maximum Gasteiger partial charge on any atom is 0.127 e. The Morgan fingerprint density at radius 1 is 1.40 bits per heavy atom. The van der Waals surface area contributed by atoms with Gasteiger partial charge < -0.3 is 15.2 Å². The second-order valence-electron chi connectivity index (χ2n) is 5.89. The van der Waals surface area contributed by atoms with Crippen LogP contribution in [0.25, 0.3) is 0 Å². The van der Waals surface area contributed by atoms with Crippen molar-refractivity contribution in [1.29, 1.82) is 0 Å². The van der Waals surface area contributed by atoms with E-state index in [1.54, 1.807) is 7.11 Å². The quantitative estimate of drug-likeness (QED) is 0.911. The van der Waals surface area contributed by atoms with Gasteiger partial charge in [0.2, 0.25) is 0 Å². The summed E-state index contributed by atoms with van der Waals surface area (Å²) < 4.78 is 11.8. The van der Waals surface area contributed by atoms with Crippen LogP contribution in [0.1, 0.15) is 24.8 Å². The fourth-order valence-electron chi connectivity index (χ4n) is 3.44. The predicted molar refractivity (Wildman–Crippen MR) is 79.4 cm³/mol. The maximum atomic E-state index is 6.38. The second-order valence-corrected chi connectivity index (χ2v) is 5.89. The summed E-state index contributed by atoms with van der Waals surface area (Å²) in [5.74, 6) is 1.96. The summed E-state index contributed by atoms with van der Waals surface area (Å²) >= 11 is 0. The Bertz CT molecular complexity index is 478. The number of fused-ring (bicyclic) bond motifs is 1. The van der Waals surface area contributed by atoms with E-state index in [-0.39, 0.29) is 5.60 Å². The number of ether oxygens (including phenoxy) is 2. The normalized spacial score (nSPS) is 25.5. The van der Waals surface area contributed by atoms with Crippen LogP contribution in [-0.2, 0) is 6.42 Å². The monoisotopic (exact) mass is 276 g/mol. The molecule has 1 fully saturated rings. The molecule has 1 aromatic carbocycles. The number of nitrogens with zero attached hydrogens (tertiary/aromatic N) is 1. The highest BCUT2D eigenvalue weighted by molar-refractivity contribution is 5.46. The van der Waals surface area contributed by atoms with Gasteiger partial charge in [-0.05, 0) is 44.5 Å². The lowest BCUT2D eigenvalue weighted by molar-refractivity contribution is 0.0537. The van der Waals surface area contributed by atoms with E-state index in [2.05, 4.69) is 11.0 Å². The first-order chi connectivity index (χ1) is 9.76. The molecule has 0 saturated carbocycles. The Balaban J connectivity index is 1.73. The van der Waals surface area contributed by atoms with E-state index in [1.165, 1.54) is 5.56 Å². The van der Waals surface area contributed by atoms with Crippen molar-refractivity contribution < 1.29 is 9.47 Å². The molecule has 0 bridgehead atoms. The minimum absolute atomic E-state index is 0.00790. The SMILES string of the molecule is COc1cccc2c1CCC1(CCN(CCCN)C1)O2. The van der Waals surface area contributed by atoms with Gasteiger partial charge in [-0.3, -0.25) is 4.90 Å². The smallest absolute Gasteiger partial charge is 0.127 e. The van der Waals surface area contributed by atoms with Crippen molar-refractivity contribution in [2.75, 3.05) is 33.3 Å². The molecule has 2 heterocycles. The molecule has 0 radical (unpaired) electrons. The molecule has 20 heavy (non-hydrogen) atoms. The lowest BCUT2D eigenvalue weighted by Gasteiger charge is -2.36. The van der Waals surface area contributed by atoms with E-state index >= 15 is 0 Å². The minimum Gasteiger partial charge on any atom is -0.496 e. The van der Waals surface area contributed by atoms with Crippen LogP contribution in [-0.4, -0.2) is 43.8 Å². The summed E-state index contributed by atoms with van der Waals surface area (Å²) in [5.41, 5.74) is 6.83. The number of hydrogen-bond acceptors (Lipinski definition) is 4. The molecule has 4 heteroatoms. The third-order valence-electron chi connectivity index (χ3n) is 4.54. The molecule has 0 aromatic heterocycles. The standard InChI is InChI=1S/C16H24N2O2/c1-19-14-4-2-5-15-13(14)6-7-16(20-15)8-11-18(12-16)10-3-9-17/h2,4-5H,3,6-12,17H2,1H3. The topological polar surface area (TPSA) is 47.7 Å². The molecule has 1 atom stereocenters. The molecular formula is C16H24N2O2. The summed E-state index contributed by atoms with van der Waals surface area (Å²) in [6.45, 7) is 4.01. The lowest BCUT2D eigenvalue weighted by Crippen LogP contribution is -2.42. The van der Waals surface area contributed by atoms with E-state index in [0.717, 1.165) is 63.4 Å². The fourth-order valence-corrected chi connectivity index (χ4v) is 3.44. The number of rotatable bonds is 4. The first-order valence-corrected chi connectivity index (χ1v) is 7.54. The molecule has 2 aliphatic heterocycles. The van der Waals surface area contributed by atoms with Crippen molar-refractivity contribution in [3.05, 3.63) is 23.8 Å². The van der Waals surface area contributed by atoms with Gasteiger partial charge in [0.15, 0.2) is 0 Å². The number of likely N-dealkylation sites (tertiary alicyclic amines) is 1. The van der Waals surface area contributed by atoms with Gasteiger partial charge in [-0.15, -0.1) is 0 Å². The van der Waals surface area contributed by atoms with Crippen LogP contribution < -0.4 is 15.2 Å². The molecule has 3 rings (SSSR count). The first kappa shape index (κ1) is 13.7. The first-order valence-electron chi connectivity index (χ1n) is 7.54. The third-order valence-corrected chi connectivity index (χ3v) is 4.54. The molecule has 1 saturated heterocycles. The number of methoxy groups -OCH3 is 1. The highest BCUT2D eigenvalue weighted by Crippen LogP contribution is 2.41. The van der Waals surface area contributed by atoms with Crippen molar-refractivity contribution >= 4 is 0 Å². The Morgan fingerprint density at radius 2 is 2.30 bits per heavy atom. The average molecular weight is 276 g/mol. The minimum atomic E-state index is 0.00790. The van der Waals surface area contributed by atoms with Crippen LogP contribution >= 0.6 is 0 Å². The fraction of sp³-hybridized carbons (Fsp3) is 0.625. The zero-order valence-corrected chi connectivity index (χ0v) is 12.2. The molecule has 2 aliphatic rings. The molecule has 1 unspecified atom stereocenters. The van der Waals surface area contributed by atoms with Crippen molar-refractivity contribution in [1.82, 2.24) is 4.90 Å². The van der Waals surface area contributed by atoms with E-state index in [0.29, 0.717) is 0 Å². The molecule has 1 spiro atoms. The number of benzene rings is 1. The van der Waals surface area contributed by atoms with Crippen LogP contribution in [0.15, 0.2) is 18.2 Å². The van der Waals surface area contributed by atoms with E-state index in [4.69, 9.17) is 15.2 Å². The molecule has 0 amide bonds. The highest BCUT2D eigenvalue weighted by atomic mass is 16.5. The zero-order valence-electron chi connectivity index (χ0n) is 12.2. The van der Waals surface area contributed by atoms with Gasteiger partial charge in [0.1, 0.15) is 17.1 Å². The molecular weight excluding hydrogens is 252 g/mol. The summed E-state index contributed by atoms with van der Waals surface area (Å²) in [6.07, 6.45) is 4.32. The molecule has 1 aromatic rings. The van der Waals surface area contributed by atoms with E-state index in [9.17, 15) is 0 Å². The predicted octanol–water partition coefficient (Wildman–Crippen LogP) is 1.81. The maximum absolute atomic E-state index is 6.38.